The van der Waals surface area contributed by atoms with Crippen LogP contribution in [-0.4, -0.2) is 28.5 Å². The molecule has 0 aliphatic heterocycles. The summed E-state index contributed by atoms with van der Waals surface area (Å²) in [6, 6.07) is 21.6. The lowest BCUT2D eigenvalue weighted by molar-refractivity contribution is -0.137. The lowest BCUT2D eigenvalue weighted by Gasteiger charge is -2.13. The summed E-state index contributed by atoms with van der Waals surface area (Å²) in [5, 5.41) is 18.3. The van der Waals surface area contributed by atoms with Crippen LogP contribution in [0.4, 0.5) is 0 Å². The third-order valence-corrected chi connectivity index (χ3v) is 4.91. The molecule has 0 bridgehead atoms. The first kappa shape index (κ1) is 21.0. The fraction of sp³-hybridized carbons (Fsp3) is 0.120. The van der Waals surface area contributed by atoms with Crippen molar-refractivity contribution in [1.82, 2.24) is 0 Å². The molecule has 0 aliphatic carbocycles. The fourth-order valence-electron chi connectivity index (χ4n) is 3.18. The number of carbonyl (C=O) groups excluding carboxylic acids is 1. The van der Waals surface area contributed by atoms with Crippen molar-refractivity contribution in [3.05, 3.63) is 95.6 Å². The third-order valence-electron chi connectivity index (χ3n) is 4.91. The van der Waals surface area contributed by atoms with E-state index in [4.69, 9.17) is 10.8 Å². The standard InChI is InChI=1S/C25H23NO4/c26-16-22(15-25(29)30)20-6-4-18(5-7-20)19-8-10-21(11-9-19)24(28)14-3-17-1-12-23(27)13-2-17/h1-14,22,27H,15-16,26H2,(H,29,30)/b14-3+. The summed E-state index contributed by atoms with van der Waals surface area (Å²) in [7, 11) is 0. The molecule has 3 aromatic carbocycles. The van der Waals surface area contributed by atoms with Gasteiger partial charge in [-0.3, -0.25) is 9.59 Å². The van der Waals surface area contributed by atoms with Gasteiger partial charge in [0.05, 0.1) is 6.42 Å². The number of carbonyl (C=O) groups is 2. The first-order valence-electron chi connectivity index (χ1n) is 9.60. The van der Waals surface area contributed by atoms with Crippen LogP contribution in [0.3, 0.4) is 0 Å². The summed E-state index contributed by atoms with van der Waals surface area (Å²) >= 11 is 0. The van der Waals surface area contributed by atoms with Gasteiger partial charge in [-0.1, -0.05) is 66.7 Å². The third kappa shape index (κ3) is 5.43. The SMILES string of the molecule is NCC(CC(=O)O)c1ccc(-c2ccc(C(=O)/C=C/c3ccc(O)cc3)cc2)cc1. The van der Waals surface area contributed by atoms with Gasteiger partial charge in [0.2, 0.25) is 0 Å². The Morgan fingerprint density at radius 3 is 1.97 bits per heavy atom. The zero-order chi connectivity index (χ0) is 21.5. The van der Waals surface area contributed by atoms with E-state index in [2.05, 4.69) is 0 Å². The number of rotatable bonds is 8. The number of aliphatic carboxylic acids is 1. The molecule has 0 radical (unpaired) electrons. The Morgan fingerprint density at radius 1 is 0.867 bits per heavy atom. The quantitative estimate of drug-likeness (QED) is 0.382. The summed E-state index contributed by atoms with van der Waals surface area (Å²) in [6.07, 6.45) is 3.22. The van der Waals surface area contributed by atoms with Crippen molar-refractivity contribution in [2.45, 2.75) is 12.3 Å². The molecule has 0 saturated carbocycles. The van der Waals surface area contributed by atoms with Crippen LogP contribution in [-0.2, 0) is 4.79 Å². The van der Waals surface area contributed by atoms with Crippen LogP contribution in [0.1, 0.15) is 33.8 Å². The Morgan fingerprint density at radius 2 is 1.43 bits per heavy atom. The topological polar surface area (TPSA) is 101 Å². The molecule has 0 heterocycles. The number of carboxylic acids is 1. The molecule has 5 heteroatoms. The maximum Gasteiger partial charge on any atom is 0.304 e. The highest BCUT2D eigenvalue weighted by molar-refractivity contribution is 6.07. The second kappa shape index (κ2) is 9.67. The Hall–Kier alpha value is -3.70. The number of nitrogens with two attached hydrogens (primary N) is 1. The molecule has 5 nitrogen and oxygen atoms in total. The van der Waals surface area contributed by atoms with Crippen LogP contribution in [0.25, 0.3) is 17.2 Å². The van der Waals surface area contributed by atoms with Crippen molar-refractivity contribution in [1.29, 1.82) is 0 Å². The molecule has 0 fully saturated rings. The lowest BCUT2D eigenvalue weighted by atomic mass is 9.93. The first-order valence-corrected chi connectivity index (χ1v) is 9.60. The van der Waals surface area contributed by atoms with Gasteiger partial charge in [-0.2, -0.15) is 0 Å². The van der Waals surface area contributed by atoms with E-state index in [1.807, 2.05) is 36.4 Å². The molecular weight excluding hydrogens is 378 g/mol. The molecule has 3 rings (SSSR count). The molecule has 3 aromatic rings. The van der Waals surface area contributed by atoms with Gasteiger partial charge in [0.15, 0.2) is 5.78 Å². The molecule has 1 atom stereocenters. The highest BCUT2D eigenvalue weighted by Gasteiger charge is 2.14. The van der Waals surface area contributed by atoms with Gasteiger partial charge in [-0.25, -0.2) is 0 Å². The molecule has 0 saturated heterocycles. The Labute approximate surface area is 175 Å². The smallest absolute Gasteiger partial charge is 0.304 e. The Balaban J connectivity index is 1.69. The summed E-state index contributed by atoms with van der Waals surface area (Å²) in [5.41, 5.74) is 9.95. The maximum absolute atomic E-state index is 12.4. The van der Waals surface area contributed by atoms with Gasteiger partial charge in [0, 0.05) is 11.5 Å². The molecule has 0 aliphatic rings. The summed E-state index contributed by atoms with van der Waals surface area (Å²) in [6.45, 7) is 0.278. The molecule has 152 valence electrons. The van der Waals surface area contributed by atoms with Gasteiger partial charge < -0.3 is 15.9 Å². The van der Waals surface area contributed by atoms with Gasteiger partial charge in [0.1, 0.15) is 5.75 Å². The van der Waals surface area contributed by atoms with E-state index in [1.165, 1.54) is 6.08 Å². The van der Waals surface area contributed by atoms with Gasteiger partial charge in [0.25, 0.3) is 0 Å². The predicted octanol–water partition coefficient (Wildman–Crippen LogP) is 4.47. The predicted molar refractivity (Wildman–Crippen MR) is 117 cm³/mol. The van der Waals surface area contributed by atoms with Gasteiger partial charge in [-0.15, -0.1) is 0 Å². The fourth-order valence-corrected chi connectivity index (χ4v) is 3.18. The van der Waals surface area contributed by atoms with Gasteiger partial charge in [-0.05, 0) is 47.0 Å². The van der Waals surface area contributed by atoms with E-state index in [0.29, 0.717) is 5.56 Å². The number of allylic oxidation sites excluding steroid dienone is 1. The van der Waals surface area contributed by atoms with E-state index in [9.17, 15) is 14.7 Å². The van der Waals surface area contributed by atoms with E-state index in [0.717, 1.165) is 22.3 Å². The van der Waals surface area contributed by atoms with Crippen molar-refractivity contribution in [3.8, 4) is 16.9 Å². The maximum atomic E-state index is 12.4. The van der Waals surface area contributed by atoms with E-state index in [1.54, 1.807) is 42.5 Å². The Kier molecular flexibility index (Phi) is 6.78. The van der Waals surface area contributed by atoms with Gasteiger partial charge >= 0.3 is 5.97 Å². The summed E-state index contributed by atoms with van der Waals surface area (Å²) in [4.78, 5) is 23.3. The summed E-state index contributed by atoms with van der Waals surface area (Å²) in [5.74, 6) is -1.00. The highest BCUT2D eigenvalue weighted by Crippen LogP contribution is 2.25. The molecule has 0 spiro atoms. The average molecular weight is 401 g/mol. The van der Waals surface area contributed by atoms with Crippen LogP contribution in [0, 0.1) is 0 Å². The molecule has 30 heavy (non-hydrogen) atoms. The van der Waals surface area contributed by atoms with Crippen molar-refractivity contribution >= 4 is 17.8 Å². The Bertz CT molecular complexity index is 1040. The highest BCUT2D eigenvalue weighted by atomic mass is 16.4. The van der Waals surface area contributed by atoms with Crippen molar-refractivity contribution in [2.24, 2.45) is 5.73 Å². The molecule has 4 N–H and O–H groups in total. The first-order chi connectivity index (χ1) is 14.5. The number of hydrogen-bond donors (Lipinski definition) is 3. The van der Waals surface area contributed by atoms with Crippen LogP contribution in [0.15, 0.2) is 78.9 Å². The van der Waals surface area contributed by atoms with E-state index in [-0.39, 0.29) is 30.4 Å². The lowest BCUT2D eigenvalue weighted by Crippen LogP contribution is -2.16. The van der Waals surface area contributed by atoms with Crippen LogP contribution in [0.5, 0.6) is 5.75 Å². The largest absolute Gasteiger partial charge is 0.508 e. The second-order valence-electron chi connectivity index (χ2n) is 7.02. The number of benzene rings is 3. The zero-order valence-electron chi connectivity index (χ0n) is 16.4. The minimum Gasteiger partial charge on any atom is -0.508 e. The van der Waals surface area contributed by atoms with Crippen molar-refractivity contribution in [2.75, 3.05) is 6.54 Å². The number of hydrogen-bond acceptors (Lipinski definition) is 4. The minimum atomic E-state index is -0.866. The molecule has 1 unspecified atom stereocenters. The monoisotopic (exact) mass is 401 g/mol. The molecule has 0 aromatic heterocycles. The molecular formula is C25H23NO4. The van der Waals surface area contributed by atoms with E-state index >= 15 is 0 Å². The van der Waals surface area contributed by atoms with Crippen molar-refractivity contribution < 1.29 is 19.8 Å². The van der Waals surface area contributed by atoms with Crippen LogP contribution in [0.2, 0.25) is 0 Å². The molecule has 0 amide bonds. The average Bonchev–Trinajstić information content (AvgIpc) is 2.77. The zero-order valence-corrected chi connectivity index (χ0v) is 16.4. The summed E-state index contributed by atoms with van der Waals surface area (Å²) < 4.78 is 0. The minimum absolute atomic E-state index is 0.00428. The number of ketones is 1. The van der Waals surface area contributed by atoms with Crippen molar-refractivity contribution in [3.63, 3.8) is 0 Å². The second-order valence-corrected chi connectivity index (χ2v) is 7.02. The van der Waals surface area contributed by atoms with Crippen LogP contribution >= 0.6 is 0 Å². The normalized spacial score (nSPS) is 12.0. The number of aromatic hydroxyl groups is 1. The number of phenolic OH excluding ortho intramolecular Hbond substituents is 1. The van der Waals surface area contributed by atoms with E-state index < -0.39 is 5.97 Å². The number of phenols is 1. The van der Waals surface area contributed by atoms with Crippen LogP contribution < -0.4 is 5.73 Å². The number of carboxylic acid groups (broad SMARTS) is 1.